The number of piperidine rings is 1. The fraction of sp³-hybridized carbons (Fsp3) is 0.541. The number of aromatic nitrogens is 4. The van der Waals surface area contributed by atoms with E-state index in [0.717, 1.165) is 83.3 Å². The molecule has 3 aromatic carbocycles. The number of rotatable bonds is 21. The average Bonchev–Trinajstić information content (AvgIpc) is 4.09. The Hall–Kier alpha value is -6.35. The van der Waals surface area contributed by atoms with Gasteiger partial charge < -0.3 is 35.2 Å². The number of likely N-dealkylation sites (tertiary alicyclic amines) is 1. The van der Waals surface area contributed by atoms with Gasteiger partial charge in [-0.25, -0.2) is 28.4 Å². The number of amides is 4. The molecule has 0 unspecified atom stereocenters. The van der Waals surface area contributed by atoms with Gasteiger partial charge in [0.05, 0.1) is 38.4 Å². The lowest BCUT2D eigenvalue weighted by molar-refractivity contribution is -0.144. The number of aliphatic hydroxyl groups excluding tert-OH is 1. The second-order valence-corrected chi connectivity index (χ2v) is 26.9. The molecule has 2 aromatic heterocycles. The summed E-state index contributed by atoms with van der Waals surface area (Å²) in [5, 5.41) is 16.0. The number of nitrogens with one attached hydrogen (secondary N) is 2. The van der Waals surface area contributed by atoms with Gasteiger partial charge in [-0.2, -0.15) is 0 Å². The molecule has 81 heavy (non-hydrogen) atoms. The third kappa shape index (κ3) is 15.4. The third-order valence-electron chi connectivity index (χ3n) is 15.8. The number of benzene rings is 3. The average molecular weight is 1150 g/mol. The number of β-amino-alcohol motifs (C(OH)–C–C–N with tert-alkyl or cyclic N) is 1. The molecule has 0 bridgehead atoms. The van der Waals surface area contributed by atoms with Gasteiger partial charge in [-0.3, -0.25) is 24.1 Å². The molecule has 0 saturated carbocycles. The minimum atomic E-state index is -3.49. The summed E-state index contributed by atoms with van der Waals surface area (Å²) >= 11 is 1.58. The lowest BCUT2D eigenvalue weighted by atomic mass is 9.85. The number of sulfone groups is 1. The molecule has 3 atom stereocenters. The smallest absolute Gasteiger partial charge is 0.246 e. The van der Waals surface area contributed by atoms with Gasteiger partial charge in [0.25, 0.3) is 0 Å². The molecule has 3 aliphatic heterocycles. The fourth-order valence-electron chi connectivity index (χ4n) is 11.2. The van der Waals surface area contributed by atoms with Crippen LogP contribution in [0.4, 0.5) is 5.69 Å². The van der Waals surface area contributed by atoms with E-state index in [1.54, 1.807) is 37.3 Å². The minimum Gasteiger partial charge on any atom is -0.491 e. The van der Waals surface area contributed by atoms with E-state index < -0.39 is 44.6 Å². The first-order valence-electron chi connectivity index (χ1n) is 28.7. The van der Waals surface area contributed by atoms with Crippen LogP contribution in [0.5, 0.6) is 5.75 Å². The first-order valence-corrected chi connectivity index (χ1v) is 31.1. The maximum atomic E-state index is 14.2. The Balaban J connectivity index is 0.767. The molecule has 5 aromatic rings. The van der Waals surface area contributed by atoms with Crippen LogP contribution < -0.4 is 20.3 Å². The highest BCUT2D eigenvalue weighted by Gasteiger charge is 2.44. The Bertz CT molecular complexity index is 3110. The van der Waals surface area contributed by atoms with Crippen LogP contribution >= 0.6 is 11.3 Å². The van der Waals surface area contributed by atoms with Gasteiger partial charge in [0, 0.05) is 108 Å². The maximum absolute atomic E-state index is 14.2. The lowest BCUT2D eigenvalue weighted by Gasteiger charge is -2.43. The molecule has 3 fully saturated rings. The zero-order valence-corrected chi connectivity index (χ0v) is 50.2. The molecule has 436 valence electrons. The fourth-order valence-corrected chi connectivity index (χ4v) is 13.3. The number of hydrogen-bond donors (Lipinski definition) is 3. The minimum absolute atomic E-state index is 0.00494. The quantitative estimate of drug-likeness (QED) is 0.0617. The van der Waals surface area contributed by atoms with Crippen molar-refractivity contribution in [2.45, 2.75) is 167 Å². The van der Waals surface area contributed by atoms with Gasteiger partial charge >= 0.3 is 0 Å². The Morgan fingerprint density at radius 1 is 0.840 bits per heavy atom. The van der Waals surface area contributed by atoms with Crippen LogP contribution in [0.25, 0.3) is 10.4 Å². The van der Waals surface area contributed by atoms with Crippen molar-refractivity contribution in [2.75, 3.05) is 50.7 Å². The van der Waals surface area contributed by atoms with Gasteiger partial charge in [0.2, 0.25) is 23.6 Å². The summed E-state index contributed by atoms with van der Waals surface area (Å²) in [7, 11) is -3.49. The first kappa shape index (κ1) is 60.7. The van der Waals surface area contributed by atoms with Crippen molar-refractivity contribution in [3.8, 4) is 16.2 Å². The number of nitrogens with zero attached hydrogens (tertiary/aromatic N) is 8. The zero-order chi connectivity index (χ0) is 58.2. The number of unbranched alkanes of at least 4 members (excludes halogenated alkanes) is 1. The Morgan fingerprint density at radius 2 is 1.51 bits per heavy atom. The van der Waals surface area contributed by atoms with Gasteiger partial charge in [-0.1, -0.05) is 63.2 Å². The molecule has 3 N–H and O–H groups in total. The van der Waals surface area contributed by atoms with E-state index in [2.05, 4.69) is 54.4 Å². The highest BCUT2D eigenvalue weighted by Crippen LogP contribution is 2.35. The van der Waals surface area contributed by atoms with Crippen molar-refractivity contribution in [2.24, 2.45) is 5.41 Å². The predicted molar refractivity (Wildman–Crippen MR) is 315 cm³/mol. The number of anilines is 1. The second-order valence-electron chi connectivity index (χ2n) is 23.6. The van der Waals surface area contributed by atoms with Crippen LogP contribution in [-0.4, -0.2) is 153 Å². The summed E-state index contributed by atoms with van der Waals surface area (Å²) in [6.07, 6.45) is 4.86. The topological polar surface area (TPSA) is 220 Å². The van der Waals surface area contributed by atoms with Crippen LogP contribution in [-0.2, 0) is 48.4 Å². The second kappa shape index (κ2) is 26.7. The van der Waals surface area contributed by atoms with E-state index in [1.807, 2.05) is 88.4 Å². The van der Waals surface area contributed by atoms with Gasteiger partial charge in [-0.05, 0) is 107 Å². The van der Waals surface area contributed by atoms with Crippen LogP contribution in [0.2, 0.25) is 0 Å². The highest BCUT2D eigenvalue weighted by atomic mass is 32.2. The number of aliphatic hydroxyl groups is 1. The number of ether oxygens (including phenoxy) is 1. The van der Waals surface area contributed by atoms with E-state index >= 15 is 0 Å². The standard InChI is InChI=1S/C61H82N10O8S2/c1-39(2)79-51-34-49(41(5)30-46(51)32-54-64-37-63-53(66-54)31-45-14-10-11-15-52(45)81(77,78)40(3)4)69-24-22-47(23-25-69)68-26-28-70(29-27-68)56(74)17-13-12-16-55(73)67-58(61(7,8)9)60(76)71-36-48(72)33-50(71)59(75)62-35-43-18-20-44(21-19-43)57-42(6)65-38-80-57/h10-11,14-15,18-21,30,34,37-40,47-48,50,58,72H,12-13,16-17,22-29,31-33,35-36H2,1-9H3,(H,62,75)(H,67,73)/t48-,50+,58-/m1/s1. The van der Waals surface area contributed by atoms with Crippen LogP contribution in [0.15, 0.2) is 77.4 Å². The maximum Gasteiger partial charge on any atom is 0.246 e. The summed E-state index contributed by atoms with van der Waals surface area (Å²) in [5.41, 5.74) is 7.93. The molecule has 3 aliphatic rings. The third-order valence-corrected chi connectivity index (χ3v) is 19.0. The summed E-state index contributed by atoms with van der Waals surface area (Å²) in [4.78, 5) is 82.3. The van der Waals surface area contributed by atoms with Crippen molar-refractivity contribution < 1.29 is 37.4 Å². The molecule has 5 heterocycles. The Kier molecular flexibility index (Phi) is 20.0. The summed E-state index contributed by atoms with van der Waals surface area (Å²) in [5.74, 6) is 0.874. The van der Waals surface area contributed by atoms with E-state index in [4.69, 9.17) is 9.72 Å². The van der Waals surface area contributed by atoms with Crippen molar-refractivity contribution in [3.05, 3.63) is 112 Å². The van der Waals surface area contributed by atoms with Gasteiger partial charge in [-0.15, -0.1) is 11.3 Å². The Labute approximate surface area is 482 Å². The molecule has 18 nitrogen and oxygen atoms in total. The number of carbonyl (C=O) groups is 4. The van der Waals surface area contributed by atoms with Crippen molar-refractivity contribution in [3.63, 3.8) is 0 Å². The van der Waals surface area contributed by atoms with Crippen LogP contribution in [0.1, 0.15) is 133 Å². The number of piperazine rings is 1. The summed E-state index contributed by atoms with van der Waals surface area (Å²) < 4.78 is 32.7. The normalized spacial score (nSPS) is 17.9. The SMILES string of the molecule is Cc1cc(Cc2ncnc(Cc3ccccc3S(=O)(=O)C(C)C)n2)c(OC(C)C)cc1N1CCC(N2CCN(C(=O)CCCCC(=O)N[C@H](C(=O)N3C[C@H](O)C[C@H]3C(=O)NCc3ccc(-c4scnc4C)cc3)C(C)(C)C)CC2)CC1. The molecule has 0 spiro atoms. The molecule has 4 amide bonds. The molecule has 0 radical (unpaired) electrons. The van der Waals surface area contributed by atoms with E-state index in [-0.39, 0.29) is 56.2 Å². The number of carbonyl (C=O) groups excluding carboxylic acids is 4. The van der Waals surface area contributed by atoms with E-state index in [1.165, 1.54) is 11.2 Å². The monoisotopic (exact) mass is 1150 g/mol. The van der Waals surface area contributed by atoms with Crippen molar-refractivity contribution in [1.29, 1.82) is 0 Å². The largest absolute Gasteiger partial charge is 0.491 e. The number of thiazole rings is 1. The molecule has 0 aliphatic carbocycles. The summed E-state index contributed by atoms with van der Waals surface area (Å²) in [6, 6.07) is 17.9. The van der Waals surface area contributed by atoms with Gasteiger partial charge in [0.1, 0.15) is 35.8 Å². The highest BCUT2D eigenvalue weighted by molar-refractivity contribution is 7.92. The molecular formula is C61H82N10O8S2. The van der Waals surface area contributed by atoms with E-state index in [9.17, 15) is 32.7 Å². The Morgan fingerprint density at radius 3 is 2.15 bits per heavy atom. The van der Waals surface area contributed by atoms with Gasteiger partial charge in [0.15, 0.2) is 9.84 Å². The molecular weight excluding hydrogens is 1060 g/mol. The zero-order valence-electron chi connectivity index (χ0n) is 48.6. The van der Waals surface area contributed by atoms with Crippen molar-refractivity contribution >= 4 is 50.5 Å². The van der Waals surface area contributed by atoms with Crippen LogP contribution in [0, 0.1) is 19.3 Å². The number of aryl methyl sites for hydroxylation is 2. The molecule has 20 heteroatoms. The summed E-state index contributed by atoms with van der Waals surface area (Å²) in [6.45, 7) is 22.1. The first-order chi connectivity index (χ1) is 38.5. The van der Waals surface area contributed by atoms with Crippen molar-refractivity contribution in [1.82, 2.24) is 45.3 Å². The molecule has 8 rings (SSSR count). The lowest BCUT2D eigenvalue weighted by Crippen LogP contribution is -2.57. The van der Waals surface area contributed by atoms with Crippen LogP contribution in [0.3, 0.4) is 0 Å². The van der Waals surface area contributed by atoms with E-state index in [0.29, 0.717) is 66.9 Å². The predicted octanol–water partition coefficient (Wildman–Crippen LogP) is 7.25. The number of hydrogen-bond acceptors (Lipinski definition) is 15. The molecule has 3 saturated heterocycles.